The number of rotatable bonds is 9. The second kappa shape index (κ2) is 15.4. The molecule has 0 atom stereocenters. The zero-order valence-corrected chi connectivity index (χ0v) is 17.6. The summed E-state index contributed by atoms with van der Waals surface area (Å²) in [5.74, 6) is 0.498. The van der Waals surface area contributed by atoms with Crippen LogP contribution in [0.2, 0.25) is 0 Å². The monoisotopic (exact) mass is 370 g/mol. The summed E-state index contributed by atoms with van der Waals surface area (Å²) in [6.45, 7) is 0. The second-order valence-corrected chi connectivity index (χ2v) is 9.66. The molecule has 0 N–H and O–H groups in total. The van der Waals surface area contributed by atoms with Crippen LogP contribution in [0.4, 0.5) is 0 Å². The van der Waals surface area contributed by atoms with Crippen molar-refractivity contribution in [3.8, 4) is 0 Å². The summed E-state index contributed by atoms with van der Waals surface area (Å²) in [5.41, 5.74) is 0. The third-order valence-corrected chi connectivity index (χ3v) is 5.71. The van der Waals surface area contributed by atoms with E-state index in [0.717, 1.165) is 0 Å². The Morgan fingerprint density at radius 1 is 0.684 bits per heavy atom. The first-order chi connectivity index (χ1) is 7.21. The van der Waals surface area contributed by atoms with Crippen molar-refractivity contribution < 1.29 is 85.1 Å². The van der Waals surface area contributed by atoms with Crippen LogP contribution in [0.25, 0.3) is 0 Å². The minimum absolute atomic E-state index is 0. The average Bonchev–Trinajstić information content (AvgIpc) is 2.06. The van der Waals surface area contributed by atoms with Crippen LogP contribution in [0.3, 0.4) is 0 Å². The van der Waals surface area contributed by atoms with Crippen LogP contribution in [-0.2, 0) is 18.3 Å². The Kier molecular flexibility index (Phi) is 24.0. The van der Waals surface area contributed by atoms with Crippen molar-refractivity contribution in [2.45, 2.75) is 33.1 Å². The minimum atomic E-state index is -4.20. The molecule has 0 saturated carbocycles. The molecule has 106 valence electrons. The van der Waals surface area contributed by atoms with Gasteiger partial charge in [0.15, 0.2) is 0 Å². The van der Waals surface area contributed by atoms with Crippen molar-refractivity contribution in [2.24, 2.45) is 0 Å². The largest absolute Gasteiger partial charge is 1.00 e. The molecule has 0 saturated heterocycles. The van der Waals surface area contributed by atoms with Gasteiger partial charge in [-0.15, -0.1) is 0 Å². The molecule has 12 heteroatoms. The van der Waals surface area contributed by atoms with Crippen molar-refractivity contribution in [2.75, 3.05) is 11.5 Å². The Bertz CT molecular complexity index is 344. The first-order valence-electron chi connectivity index (χ1n) is 4.41. The van der Waals surface area contributed by atoms with Gasteiger partial charge in [0.25, 0.3) is 0 Å². The zero-order chi connectivity index (χ0) is 12.7. The summed E-state index contributed by atoms with van der Waals surface area (Å²) >= 11 is 0. The molecule has 0 aromatic carbocycles. The fourth-order valence-electron chi connectivity index (χ4n) is 0.880. The van der Waals surface area contributed by atoms with Crippen molar-refractivity contribution in [3.05, 3.63) is 0 Å². The van der Waals surface area contributed by atoms with Crippen molar-refractivity contribution in [1.29, 1.82) is 0 Å². The van der Waals surface area contributed by atoms with E-state index < -0.39 is 18.3 Å². The predicted octanol–water partition coefficient (Wildman–Crippen LogP) is -4.42. The fraction of sp³-hybridized carbons (Fsp3) is 1.00. The minimum Gasteiger partial charge on any atom is -0.739 e. The fourth-order valence-corrected chi connectivity index (χ4v) is 3.86. The van der Waals surface area contributed by atoms with Crippen molar-refractivity contribution in [1.82, 2.24) is 0 Å². The standard InChI is InChI=1S/C6H14O6S4.CH4.2Na/c7-15(8,9)13-5-3-1-2-4-6-14-16(10,11)12;;;/h1-6H2,(H,7,8,9)(H,10,11,12);1H4;;/q;;2*+1/p-2. The summed E-state index contributed by atoms with van der Waals surface area (Å²) in [7, 11) is -7.66. The maximum absolute atomic E-state index is 10.2. The van der Waals surface area contributed by atoms with E-state index >= 15 is 0 Å². The van der Waals surface area contributed by atoms with Crippen molar-refractivity contribution >= 4 is 39.9 Å². The van der Waals surface area contributed by atoms with Gasteiger partial charge in [-0.1, -0.05) is 20.3 Å². The van der Waals surface area contributed by atoms with E-state index in [0.29, 0.717) is 47.3 Å². The Hall–Kier alpha value is 2.52. The smallest absolute Gasteiger partial charge is 0.739 e. The van der Waals surface area contributed by atoms with Crippen LogP contribution in [0.1, 0.15) is 33.1 Å². The number of hydrogen-bond donors (Lipinski definition) is 0. The van der Waals surface area contributed by atoms with E-state index in [4.69, 9.17) is 0 Å². The third kappa shape index (κ3) is 29.2. The van der Waals surface area contributed by atoms with Crippen LogP contribution in [0.5, 0.6) is 0 Å². The van der Waals surface area contributed by atoms with Crippen LogP contribution in [0, 0.1) is 0 Å². The summed E-state index contributed by atoms with van der Waals surface area (Å²) in [5, 5.41) is 0. The van der Waals surface area contributed by atoms with Gasteiger partial charge in [0.05, 0.1) is 0 Å². The quantitative estimate of drug-likeness (QED) is 0.173. The van der Waals surface area contributed by atoms with Gasteiger partial charge in [-0.2, -0.15) is 0 Å². The molecular formula is C7H16Na2O6S4. The number of unbranched alkanes of at least 4 members (excludes halogenated alkanes) is 3. The predicted molar refractivity (Wildman–Crippen MR) is 69.5 cm³/mol. The third-order valence-electron chi connectivity index (χ3n) is 1.49. The van der Waals surface area contributed by atoms with E-state index in [9.17, 15) is 25.9 Å². The first-order valence-corrected chi connectivity index (χ1v) is 10.2. The molecule has 0 aliphatic rings. The van der Waals surface area contributed by atoms with Gasteiger partial charge in [0, 0.05) is 11.5 Å². The zero-order valence-electron chi connectivity index (χ0n) is 10.3. The summed E-state index contributed by atoms with van der Waals surface area (Å²) < 4.78 is 61.1. The molecule has 0 radical (unpaired) electrons. The van der Waals surface area contributed by atoms with Crippen LogP contribution in [-0.4, -0.2) is 37.4 Å². The molecule has 0 spiro atoms. The van der Waals surface area contributed by atoms with Gasteiger partial charge in [0.2, 0.25) is 0 Å². The van der Waals surface area contributed by atoms with E-state index in [1.807, 2.05) is 0 Å². The Balaban J connectivity index is -0.000000375. The SMILES string of the molecule is C.O=S(=O)([O-])SCCCCCCSS(=O)(=O)[O-].[Na+].[Na+]. The Morgan fingerprint density at radius 2 is 0.947 bits per heavy atom. The normalized spacial score (nSPS) is 10.8. The second-order valence-electron chi connectivity index (χ2n) is 2.87. The molecule has 0 aliphatic heterocycles. The van der Waals surface area contributed by atoms with Crippen LogP contribution in [0.15, 0.2) is 0 Å². The number of hydrogen-bond acceptors (Lipinski definition) is 8. The molecule has 0 heterocycles. The van der Waals surface area contributed by atoms with Gasteiger partial charge in [-0.25, -0.2) is 16.8 Å². The molecular weight excluding hydrogens is 354 g/mol. The molecule has 0 bridgehead atoms. The maximum Gasteiger partial charge on any atom is 1.00 e. The Labute approximate surface area is 167 Å². The van der Waals surface area contributed by atoms with Crippen LogP contribution < -0.4 is 59.1 Å². The topological polar surface area (TPSA) is 114 Å². The molecule has 0 aromatic heterocycles. The molecule has 19 heavy (non-hydrogen) atoms. The summed E-state index contributed by atoms with van der Waals surface area (Å²) in [4.78, 5) is 0. The maximum atomic E-state index is 10.2. The summed E-state index contributed by atoms with van der Waals surface area (Å²) in [6.07, 6.45) is 2.59. The molecule has 0 amide bonds. The van der Waals surface area contributed by atoms with E-state index in [-0.39, 0.29) is 78.0 Å². The van der Waals surface area contributed by atoms with E-state index in [1.54, 1.807) is 0 Å². The van der Waals surface area contributed by atoms with Gasteiger partial charge in [-0.3, -0.25) is 0 Å². The van der Waals surface area contributed by atoms with E-state index in [1.165, 1.54) is 0 Å². The molecule has 0 aromatic rings. The molecule has 0 aliphatic carbocycles. The Morgan fingerprint density at radius 3 is 1.16 bits per heavy atom. The molecule has 6 nitrogen and oxygen atoms in total. The molecule has 0 unspecified atom stereocenters. The van der Waals surface area contributed by atoms with Gasteiger partial charge >= 0.3 is 59.1 Å². The van der Waals surface area contributed by atoms with Gasteiger partial charge in [0.1, 0.15) is 18.3 Å². The molecule has 0 rings (SSSR count). The molecule has 0 fully saturated rings. The van der Waals surface area contributed by atoms with Gasteiger partial charge in [-0.05, 0) is 34.4 Å². The van der Waals surface area contributed by atoms with Gasteiger partial charge < -0.3 is 9.11 Å². The average molecular weight is 370 g/mol. The van der Waals surface area contributed by atoms with Crippen molar-refractivity contribution in [3.63, 3.8) is 0 Å². The summed E-state index contributed by atoms with van der Waals surface area (Å²) in [6, 6.07) is 0. The van der Waals surface area contributed by atoms with E-state index in [2.05, 4.69) is 0 Å². The van der Waals surface area contributed by atoms with Crippen LogP contribution >= 0.6 is 21.6 Å². The first kappa shape index (κ1) is 29.5.